The molecule has 0 amide bonds. The fourth-order valence-corrected chi connectivity index (χ4v) is 10.9. The Morgan fingerprint density at radius 1 is 0.952 bits per heavy atom. The second-order valence-corrected chi connectivity index (χ2v) is 16.5. The number of carbonyl (C=O) groups is 4. The van der Waals surface area contributed by atoms with Gasteiger partial charge in [-0.15, -0.1) is 0 Å². The maximum atomic E-state index is 14.6. The number of aliphatic carboxylic acids is 1. The van der Waals surface area contributed by atoms with Gasteiger partial charge in [-0.25, -0.2) is 4.85 Å². The van der Waals surface area contributed by atoms with Crippen LogP contribution in [0.5, 0.6) is 0 Å². The van der Waals surface area contributed by atoms with Crippen molar-refractivity contribution in [1.29, 1.82) is 0 Å². The molecule has 0 bridgehead atoms. The van der Waals surface area contributed by atoms with Gasteiger partial charge in [0.1, 0.15) is 5.78 Å². The fourth-order valence-electron chi connectivity index (χ4n) is 10.9. The molecule has 0 aromatic rings. The Hall–Kier alpha value is -2.55. The van der Waals surface area contributed by atoms with Crippen LogP contribution >= 0.6 is 0 Å². The summed E-state index contributed by atoms with van der Waals surface area (Å²) in [6.45, 7) is 23.2. The first-order valence-corrected chi connectivity index (χ1v) is 16.0. The largest absolute Gasteiger partial charge is 0.481 e. The Morgan fingerprint density at radius 3 is 2.26 bits per heavy atom. The van der Waals surface area contributed by atoms with Crippen molar-refractivity contribution >= 4 is 23.3 Å². The maximum absolute atomic E-state index is 14.6. The van der Waals surface area contributed by atoms with E-state index in [9.17, 15) is 19.2 Å². The van der Waals surface area contributed by atoms with Crippen molar-refractivity contribution in [2.45, 2.75) is 119 Å². The zero-order chi connectivity index (χ0) is 31.1. The van der Waals surface area contributed by atoms with E-state index in [4.69, 9.17) is 11.7 Å². The van der Waals surface area contributed by atoms with Crippen LogP contribution in [-0.2, 0) is 19.2 Å². The number of carboxylic acid groups (broad SMARTS) is 1. The number of allylic oxidation sites excluding steroid dienone is 4. The molecule has 6 nitrogen and oxygen atoms in total. The zero-order valence-electron chi connectivity index (χ0n) is 26.7. The summed E-state index contributed by atoms with van der Waals surface area (Å²) in [7, 11) is 0. The third-order valence-corrected chi connectivity index (χ3v) is 13.5. The quantitative estimate of drug-likeness (QED) is 0.327. The van der Waals surface area contributed by atoms with Crippen molar-refractivity contribution in [3.8, 4) is 0 Å². The first kappa shape index (κ1) is 30.9. The van der Waals surface area contributed by atoms with Crippen molar-refractivity contribution < 1.29 is 24.3 Å². The molecule has 0 heterocycles. The average Bonchev–Trinajstić information content (AvgIpc) is 2.90. The third-order valence-electron chi connectivity index (χ3n) is 13.5. The summed E-state index contributed by atoms with van der Waals surface area (Å²) >= 11 is 0. The van der Waals surface area contributed by atoms with Gasteiger partial charge in [-0.1, -0.05) is 60.1 Å². The fraction of sp³-hybridized carbons (Fsp3) is 0.750. The van der Waals surface area contributed by atoms with E-state index < -0.39 is 16.8 Å². The van der Waals surface area contributed by atoms with Gasteiger partial charge < -0.3 is 9.90 Å². The molecule has 6 heteroatoms. The standard InChI is InChI=1S/C36H49NO5/c1-31(2)15-17-36(14-11-22(38)9-10-28(40)41)18-16-35(7)29(23(36)20-31)25(39)19-27-33(5)21-24(37-8)30(42)32(3,4)26(33)12-13-34(27,35)6/h19,21,23,26,29H,9-18,20H2,1-7H3,(H,40,41)/t23-,26-,29-,33-,34+,35+,36+/m0/s1. The molecule has 3 fully saturated rings. The second kappa shape index (κ2) is 9.73. The zero-order valence-corrected chi connectivity index (χ0v) is 26.7. The van der Waals surface area contributed by atoms with Crippen molar-refractivity contribution in [3.05, 3.63) is 34.8 Å². The molecular formula is C36H49NO5. The number of hydrogen-bond donors (Lipinski definition) is 1. The average molecular weight is 576 g/mol. The van der Waals surface area contributed by atoms with Crippen LogP contribution in [0.15, 0.2) is 23.4 Å². The van der Waals surface area contributed by atoms with Crippen LogP contribution in [0.4, 0.5) is 0 Å². The van der Waals surface area contributed by atoms with Crippen LogP contribution in [0.1, 0.15) is 119 Å². The summed E-state index contributed by atoms with van der Waals surface area (Å²) in [6, 6.07) is 0. The molecule has 0 unspecified atom stereocenters. The van der Waals surface area contributed by atoms with Crippen LogP contribution < -0.4 is 0 Å². The number of ketones is 3. The predicted octanol–water partition coefficient (Wildman–Crippen LogP) is 7.77. The number of carboxylic acids is 1. The monoisotopic (exact) mass is 575 g/mol. The van der Waals surface area contributed by atoms with Gasteiger partial charge in [0, 0.05) is 29.6 Å². The van der Waals surface area contributed by atoms with Crippen LogP contribution in [0.25, 0.3) is 4.85 Å². The van der Waals surface area contributed by atoms with E-state index in [-0.39, 0.29) is 75.3 Å². The van der Waals surface area contributed by atoms with Crippen molar-refractivity contribution in [3.63, 3.8) is 0 Å². The minimum atomic E-state index is -0.941. The number of Topliss-reactive ketones (excluding diaryl/α,β-unsaturated/α-hetero) is 2. The number of fused-ring (bicyclic) bond motifs is 7. The smallest absolute Gasteiger partial charge is 0.303 e. The summed E-state index contributed by atoms with van der Waals surface area (Å²) < 4.78 is 0. The van der Waals surface area contributed by atoms with E-state index >= 15 is 0 Å². The summed E-state index contributed by atoms with van der Waals surface area (Å²) in [5.74, 6) is -0.777. The molecule has 3 saturated carbocycles. The lowest BCUT2D eigenvalue weighted by Crippen LogP contribution is -2.64. The number of nitrogens with zero attached hydrogens (tertiary/aromatic N) is 1. The molecule has 42 heavy (non-hydrogen) atoms. The Balaban J connectivity index is 1.57. The SMILES string of the molecule is [C-]#[N+]C1=C[C@]2(C)C3=CC(=O)[C@@H]4[C@@H]5CC(C)(C)CC[C@]5(CCC(=O)CCC(=O)O)CC[C@@]4(C)[C@]3(C)CC[C@H]2C(C)(C)C1=O. The molecule has 1 N–H and O–H groups in total. The molecule has 5 aliphatic carbocycles. The van der Waals surface area contributed by atoms with Crippen molar-refractivity contribution in [1.82, 2.24) is 0 Å². The van der Waals surface area contributed by atoms with E-state index in [1.807, 2.05) is 26.0 Å². The Morgan fingerprint density at radius 2 is 1.62 bits per heavy atom. The number of rotatable bonds is 6. The van der Waals surface area contributed by atoms with Crippen LogP contribution in [0.3, 0.4) is 0 Å². The first-order chi connectivity index (χ1) is 19.4. The number of hydrogen-bond acceptors (Lipinski definition) is 4. The van der Waals surface area contributed by atoms with Gasteiger partial charge in [0.2, 0.25) is 5.70 Å². The molecular weight excluding hydrogens is 526 g/mol. The molecule has 5 aliphatic rings. The first-order valence-electron chi connectivity index (χ1n) is 16.0. The minimum absolute atomic E-state index is 0.0101. The lowest BCUT2D eigenvalue weighted by molar-refractivity contribution is -0.173. The van der Waals surface area contributed by atoms with Gasteiger partial charge in [-0.2, -0.15) is 0 Å². The third kappa shape index (κ3) is 4.31. The van der Waals surface area contributed by atoms with Crippen LogP contribution in [0, 0.1) is 56.8 Å². The molecule has 228 valence electrons. The summed E-state index contributed by atoms with van der Waals surface area (Å²) in [5.41, 5.74) is -0.393. The van der Waals surface area contributed by atoms with Gasteiger partial charge >= 0.3 is 5.97 Å². The maximum Gasteiger partial charge on any atom is 0.303 e. The van der Waals surface area contributed by atoms with Gasteiger partial charge in [0.05, 0.1) is 13.0 Å². The Kier molecular flexibility index (Phi) is 7.16. The van der Waals surface area contributed by atoms with Gasteiger partial charge in [0.25, 0.3) is 0 Å². The van der Waals surface area contributed by atoms with E-state index in [2.05, 4.69) is 39.5 Å². The summed E-state index contributed by atoms with van der Waals surface area (Å²) in [4.78, 5) is 55.3. The topological polar surface area (TPSA) is 92.9 Å². The molecule has 5 rings (SSSR count). The van der Waals surface area contributed by atoms with E-state index in [1.54, 1.807) is 0 Å². The molecule has 0 aliphatic heterocycles. The molecule has 0 radical (unpaired) electrons. The summed E-state index contributed by atoms with van der Waals surface area (Å²) in [6.07, 6.45) is 11.6. The Labute approximate surface area is 251 Å². The van der Waals surface area contributed by atoms with Gasteiger partial charge in [-0.3, -0.25) is 14.4 Å². The van der Waals surface area contributed by atoms with Crippen LogP contribution in [-0.4, -0.2) is 28.4 Å². The normalized spacial score (nSPS) is 41.6. The highest BCUT2D eigenvalue weighted by atomic mass is 16.4. The highest BCUT2D eigenvalue weighted by Gasteiger charge is 2.69. The highest BCUT2D eigenvalue weighted by Crippen LogP contribution is 2.75. The van der Waals surface area contributed by atoms with Gasteiger partial charge in [0.15, 0.2) is 11.6 Å². The lowest BCUT2D eigenvalue weighted by atomic mass is 9.34. The number of carbonyl (C=O) groups excluding carboxylic acids is 3. The second-order valence-electron chi connectivity index (χ2n) is 16.5. The van der Waals surface area contributed by atoms with Crippen LogP contribution in [0.2, 0.25) is 0 Å². The van der Waals surface area contributed by atoms with Crippen molar-refractivity contribution in [2.24, 2.45) is 50.2 Å². The molecule has 0 aromatic heterocycles. The van der Waals surface area contributed by atoms with E-state index in [0.717, 1.165) is 56.9 Å². The lowest BCUT2D eigenvalue weighted by Gasteiger charge is -2.69. The van der Waals surface area contributed by atoms with Gasteiger partial charge in [-0.05, 0) is 90.9 Å². The van der Waals surface area contributed by atoms with E-state index in [1.165, 1.54) is 0 Å². The van der Waals surface area contributed by atoms with E-state index in [0.29, 0.717) is 6.42 Å². The molecule has 0 saturated heterocycles. The summed E-state index contributed by atoms with van der Waals surface area (Å²) in [5, 5.41) is 9.06. The predicted molar refractivity (Wildman–Crippen MR) is 161 cm³/mol. The van der Waals surface area contributed by atoms with Crippen molar-refractivity contribution in [2.75, 3.05) is 0 Å². The highest BCUT2D eigenvalue weighted by molar-refractivity contribution is 6.03. The molecule has 0 spiro atoms. The molecule has 0 aromatic carbocycles. The Bertz CT molecular complexity index is 1340. The minimum Gasteiger partial charge on any atom is -0.481 e. The molecule has 7 atom stereocenters.